The van der Waals surface area contributed by atoms with Crippen molar-refractivity contribution in [2.24, 2.45) is 7.05 Å². The largest absolute Gasteiger partial charge is 0.478 e. The van der Waals surface area contributed by atoms with E-state index in [1.807, 2.05) is 17.7 Å². The highest BCUT2D eigenvalue weighted by molar-refractivity contribution is 5.91. The van der Waals surface area contributed by atoms with Crippen molar-refractivity contribution in [1.82, 2.24) is 4.57 Å². The van der Waals surface area contributed by atoms with Gasteiger partial charge in [0.05, 0.1) is 5.52 Å². The van der Waals surface area contributed by atoms with E-state index in [4.69, 9.17) is 5.11 Å². The Morgan fingerprint density at radius 1 is 1.29 bits per heavy atom. The summed E-state index contributed by atoms with van der Waals surface area (Å²) in [7, 11) is 1.95. The molecule has 17 heavy (non-hydrogen) atoms. The van der Waals surface area contributed by atoms with Crippen LogP contribution in [0.3, 0.4) is 0 Å². The van der Waals surface area contributed by atoms with Crippen LogP contribution in [0, 0.1) is 13.8 Å². The fourth-order valence-corrected chi connectivity index (χ4v) is 2.14. The van der Waals surface area contributed by atoms with Crippen molar-refractivity contribution in [3.8, 4) is 0 Å². The summed E-state index contributed by atoms with van der Waals surface area (Å²) in [5.41, 5.74) is 4.47. The minimum absolute atomic E-state index is 0.903. The lowest BCUT2D eigenvalue weighted by Crippen LogP contribution is -1.93. The van der Waals surface area contributed by atoms with E-state index in [9.17, 15) is 4.79 Å². The van der Waals surface area contributed by atoms with Crippen molar-refractivity contribution >= 4 is 22.9 Å². The molecule has 0 aliphatic carbocycles. The third-order valence-electron chi connectivity index (χ3n) is 3.05. The number of fused-ring (bicyclic) bond motifs is 1. The van der Waals surface area contributed by atoms with Gasteiger partial charge in [0.25, 0.3) is 0 Å². The molecular formula is C14H15NO2. The van der Waals surface area contributed by atoms with Crippen LogP contribution in [-0.2, 0) is 11.8 Å². The predicted octanol–water partition coefficient (Wildman–Crippen LogP) is 2.89. The summed E-state index contributed by atoms with van der Waals surface area (Å²) in [6.45, 7) is 4.12. The highest BCUT2D eigenvalue weighted by Gasteiger charge is 2.08. The van der Waals surface area contributed by atoms with Gasteiger partial charge in [0.2, 0.25) is 0 Å². The maximum Gasteiger partial charge on any atom is 0.328 e. The minimum atomic E-state index is -0.927. The zero-order valence-corrected chi connectivity index (χ0v) is 10.2. The van der Waals surface area contributed by atoms with Gasteiger partial charge in [-0.1, -0.05) is 12.1 Å². The number of aromatic nitrogens is 1. The van der Waals surface area contributed by atoms with Gasteiger partial charge in [-0.3, -0.25) is 0 Å². The number of carboxylic acids is 1. The Balaban J connectivity index is 2.68. The van der Waals surface area contributed by atoms with Crippen LogP contribution in [0.2, 0.25) is 0 Å². The zero-order valence-electron chi connectivity index (χ0n) is 10.2. The molecule has 0 saturated carbocycles. The monoisotopic (exact) mass is 229 g/mol. The Labute approximate surface area is 100.0 Å². The Hall–Kier alpha value is -2.03. The number of nitrogens with zero attached hydrogens (tertiary/aromatic N) is 1. The molecule has 3 nitrogen and oxygen atoms in total. The molecule has 0 fully saturated rings. The summed E-state index contributed by atoms with van der Waals surface area (Å²) in [5, 5.41) is 9.83. The first-order chi connectivity index (χ1) is 8.00. The summed E-state index contributed by atoms with van der Waals surface area (Å²) >= 11 is 0. The van der Waals surface area contributed by atoms with Crippen molar-refractivity contribution in [2.45, 2.75) is 13.8 Å². The maximum absolute atomic E-state index is 10.5. The average Bonchev–Trinajstić information content (AvgIpc) is 2.60. The topological polar surface area (TPSA) is 42.2 Å². The zero-order chi connectivity index (χ0) is 12.6. The lowest BCUT2D eigenvalue weighted by Gasteiger charge is -2.04. The van der Waals surface area contributed by atoms with E-state index in [1.165, 1.54) is 22.6 Å². The Morgan fingerprint density at radius 2 is 1.94 bits per heavy atom. The number of hydrogen-bond donors (Lipinski definition) is 1. The molecule has 1 aromatic carbocycles. The molecule has 88 valence electrons. The summed E-state index contributed by atoms with van der Waals surface area (Å²) in [6, 6.07) is 6.20. The summed E-state index contributed by atoms with van der Waals surface area (Å²) in [4.78, 5) is 10.5. The Kier molecular flexibility index (Phi) is 2.76. The predicted molar refractivity (Wildman–Crippen MR) is 69.1 cm³/mol. The smallest absolute Gasteiger partial charge is 0.328 e. The molecule has 0 radical (unpaired) electrons. The van der Waals surface area contributed by atoms with Gasteiger partial charge in [0.15, 0.2) is 0 Å². The van der Waals surface area contributed by atoms with Crippen LogP contribution in [-0.4, -0.2) is 15.6 Å². The molecule has 0 unspecified atom stereocenters. The van der Waals surface area contributed by atoms with Crippen molar-refractivity contribution < 1.29 is 9.90 Å². The van der Waals surface area contributed by atoms with Crippen molar-refractivity contribution in [3.63, 3.8) is 0 Å². The van der Waals surface area contributed by atoms with Crippen molar-refractivity contribution in [2.75, 3.05) is 0 Å². The number of rotatable bonds is 2. The van der Waals surface area contributed by atoms with Gasteiger partial charge in [0.1, 0.15) is 0 Å². The quantitative estimate of drug-likeness (QED) is 0.804. The summed E-state index contributed by atoms with van der Waals surface area (Å²) in [5.74, 6) is -0.927. The van der Waals surface area contributed by atoms with Gasteiger partial charge in [-0.2, -0.15) is 0 Å². The molecule has 0 amide bonds. The first-order valence-electron chi connectivity index (χ1n) is 5.47. The van der Waals surface area contributed by atoms with Gasteiger partial charge in [-0.25, -0.2) is 4.79 Å². The first-order valence-corrected chi connectivity index (χ1v) is 5.47. The van der Waals surface area contributed by atoms with Crippen LogP contribution < -0.4 is 0 Å². The fraction of sp³-hybridized carbons (Fsp3) is 0.214. The first kappa shape index (κ1) is 11.5. The van der Waals surface area contributed by atoms with E-state index < -0.39 is 5.97 Å². The van der Waals surface area contributed by atoms with Crippen molar-refractivity contribution in [3.05, 3.63) is 41.1 Å². The summed E-state index contributed by atoms with van der Waals surface area (Å²) < 4.78 is 2.02. The molecule has 0 bridgehead atoms. The third kappa shape index (κ3) is 1.96. The highest BCUT2D eigenvalue weighted by atomic mass is 16.4. The Morgan fingerprint density at radius 3 is 2.53 bits per heavy atom. The standard InChI is InChI=1S/C14H15NO2/c1-9-4-5-10(2)14-12(9)8-11(15(14)3)6-7-13(16)17/h4-8H,1-3H3,(H,16,17)/b7-6+. The van der Waals surface area contributed by atoms with Gasteiger partial charge in [-0.05, 0) is 37.1 Å². The van der Waals surface area contributed by atoms with Crippen LogP contribution >= 0.6 is 0 Å². The molecule has 0 aliphatic rings. The third-order valence-corrected chi connectivity index (χ3v) is 3.05. The maximum atomic E-state index is 10.5. The summed E-state index contributed by atoms with van der Waals surface area (Å²) in [6.07, 6.45) is 2.79. The van der Waals surface area contributed by atoms with E-state index in [0.29, 0.717) is 0 Å². The molecule has 0 atom stereocenters. The molecule has 0 saturated heterocycles. The number of aryl methyl sites for hydroxylation is 3. The van der Waals surface area contributed by atoms with Crippen LogP contribution in [0.1, 0.15) is 16.8 Å². The van der Waals surface area contributed by atoms with E-state index in [-0.39, 0.29) is 0 Å². The molecule has 1 aromatic heterocycles. The minimum Gasteiger partial charge on any atom is -0.478 e. The number of aliphatic carboxylic acids is 1. The van der Waals surface area contributed by atoms with Crippen LogP contribution in [0.5, 0.6) is 0 Å². The van der Waals surface area contributed by atoms with E-state index in [1.54, 1.807) is 6.08 Å². The van der Waals surface area contributed by atoms with Crippen LogP contribution in [0.15, 0.2) is 24.3 Å². The molecule has 0 spiro atoms. The van der Waals surface area contributed by atoms with E-state index in [0.717, 1.165) is 11.2 Å². The van der Waals surface area contributed by atoms with Gasteiger partial charge < -0.3 is 9.67 Å². The molecular weight excluding hydrogens is 214 g/mol. The normalized spacial score (nSPS) is 11.5. The van der Waals surface area contributed by atoms with Gasteiger partial charge in [-0.15, -0.1) is 0 Å². The Bertz CT molecular complexity index is 621. The van der Waals surface area contributed by atoms with E-state index in [2.05, 4.69) is 26.0 Å². The van der Waals surface area contributed by atoms with Crippen LogP contribution in [0.4, 0.5) is 0 Å². The molecule has 0 aliphatic heterocycles. The number of hydrogen-bond acceptors (Lipinski definition) is 1. The lowest BCUT2D eigenvalue weighted by molar-refractivity contribution is -0.131. The average molecular weight is 229 g/mol. The van der Waals surface area contributed by atoms with Crippen molar-refractivity contribution in [1.29, 1.82) is 0 Å². The second-order valence-corrected chi connectivity index (χ2v) is 4.26. The number of benzene rings is 1. The highest BCUT2D eigenvalue weighted by Crippen LogP contribution is 2.25. The van der Waals surface area contributed by atoms with E-state index >= 15 is 0 Å². The second-order valence-electron chi connectivity index (χ2n) is 4.26. The SMILES string of the molecule is Cc1ccc(C)c2c1cc(/C=C/C(=O)O)n2C. The lowest BCUT2D eigenvalue weighted by atomic mass is 10.1. The fourth-order valence-electron chi connectivity index (χ4n) is 2.14. The van der Waals surface area contributed by atoms with Gasteiger partial charge in [0, 0.05) is 24.2 Å². The number of carbonyl (C=O) groups is 1. The second kappa shape index (κ2) is 4.09. The number of carboxylic acid groups (broad SMARTS) is 1. The molecule has 1 N–H and O–H groups in total. The molecule has 2 rings (SSSR count). The molecule has 3 heteroatoms. The van der Waals surface area contributed by atoms with Crippen LogP contribution in [0.25, 0.3) is 17.0 Å². The van der Waals surface area contributed by atoms with Gasteiger partial charge >= 0.3 is 5.97 Å². The molecule has 2 aromatic rings. The molecule has 1 heterocycles.